The van der Waals surface area contributed by atoms with E-state index in [9.17, 15) is 13.2 Å². The van der Waals surface area contributed by atoms with Gasteiger partial charge in [0.1, 0.15) is 0 Å². The minimum atomic E-state index is -3.35. The maximum absolute atomic E-state index is 12.7. The molecule has 3 heterocycles. The number of hydrogen-bond donors (Lipinski definition) is 1. The van der Waals surface area contributed by atoms with Gasteiger partial charge in [-0.15, -0.1) is 0 Å². The van der Waals surface area contributed by atoms with Gasteiger partial charge in [-0.05, 0) is 36.2 Å². The second kappa shape index (κ2) is 12.2. The Balaban J connectivity index is 1.40. The number of carbonyl (C=O) groups excluding carboxylic acids is 1. The molecule has 5 rings (SSSR count). The van der Waals surface area contributed by atoms with Crippen LogP contribution in [0.15, 0.2) is 48.5 Å². The standard InChI is InChI=1S/C28H34ClN5O4S/c1-39(36,37)33-13-10-26-24(20-33)28(31-34(26)12-5-11-32-14-16-38-17-15-32)21-8-9-25(29)22(18-21)19-27(35)30-23-6-3-2-4-7-23/h2-4,6-9,18H,5,10-17,19-20H2,1H3,(H,30,35). The molecule has 2 aliphatic rings. The molecule has 1 aromatic heterocycles. The van der Waals surface area contributed by atoms with Crippen molar-refractivity contribution >= 4 is 33.2 Å². The fraction of sp³-hybridized carbons (Fsp3) is 0.429. The van der Waals surface area contributed by atoms with E-state index in [-0.39, 0.29) is 18.9 Å². The van der Waals surface area contributed by atoms with Gasteiger partial charge in [-0.2, -0.15) is 9.40 Å². The number of fused-ring (bicyclic) bond motifs is 1. The number of nitrogens with zero attached hydrogens (tertiary/aromatic N) is 4. The Labute approximate surface area is 234 Å². The molecule has 1 fully saturated rings. The first kappa shape index (κ1) is 27.8. The lowest BCUT2D eigenvalue weighted by Gasteiger charge is -2.27. The number of anilines is 1. The number of aryl methyl sites for hydroxylation is 1. The summed E-state index contributed by atoms with van der Waals surface area (Å²) in [7, 11) is -3.35. The minimum Gasteiger partial charge on any atom is -0.379 e. The molecule has 1 amide bonds. The van der Waals surface area contributed by atoms with Crippen LogP contribution in [-0.4, -0.2) is 79.0 Å². The van der Waals surface area contributed by atoms with Gasteiger partial charge in [-0.3, -0.25) is 14.4 Å². The van der Waals surface area contributed by atoms with Gasteiger partial charge in [0, 0.05) is 73.2 Å². The van der Waals surface area contributed by atoms with Gasteiger partial charge in [0.05, 0.1) is 31.6 Å². The molecule has 1 N–H and O–H groups in total. The SMILES string of the molecule is CS(=O)(=O)N1CCc2c(c(-c3ccc(Cl)c(CC(=O)Nc4ccccc4)c3)nn2CCCN2CCOCC2)C1. The predicted octanol–water partition coefficient (Wildman–Crippen LogP) is 3.42. The quantitative estimate of drug-likeness (QED) is 0.423. The van der Waals surface area contributed by atoms with Crippen LogP contribution in [0.1, 0.15) is 23.2 Å². The summed E-state index contributed by atoms with van der Waals surface area (Å²) >= 11 is 6.50. The normalized spacial score (nSPS) is 16.7. The Morgan fingerprint density at radius 1 is 1.08 bits per heavy atom. The first-order chi connectivity index (χ1) is 18.8. The molecule has 0 radical (unpaired) electrons. The highest BCUT2D eigenvalue weighted by molar-refractivity contribution is 7.88. The average molecular weight is 572 g/mol. The monoisotopic (exact) mass is 571 g/mol. The third-order valence-corrected chi connectivity index (χ3v) is 8.86. The lowest BCUT2D eigenvalue weighted by Crippen LogP contribution is -2.37. The van der Waals surface area contributed by atoms with Crippen LogP contribution < -0.4 is 5.32 Å². The number of hydrogen-bond acceptors (Lipinski definition) is 6. The number of morpholine rings is 1. The molecule has 9 nitrogen and oxygen atoms in total. The Morgan fingerprint density at radius 3 is 2.59 bits per heavy atom. The number of rotatable bonds is 9. The van der Waals surface area contributed by atoms with Crippen molar-refractivity contribution in [3.05, 3.63) is 70.4 Å². The average Bonchev–Trinajstić information content (AvgIpc) is 3.28. The van der Waals surface area contributed by atoms with Crippen molar-refractivity contribution in [3.8, 4) is 11.3 Å². The number of sulfonamides is 1. The fourth-order valence-corrected chi connectivity index (χ4v) is 6.16. The largest absolute Gasteiger partial charge is 0.379 e. The van der Waals surface area contributed by atoms with Gasteiger partial charge in [0.15, 0.2) is 0 Å². The molecular formula is C28H34ClN5O4S. The number of benzene rings is 2. The Morgan fingerprint density at radius 2 is 1.85 bits per heavy atom. The summed E-state index contributed by atoms with van der Waals surface area (Å²) in [6, 6.07) is 14.9. The number of nitrogens with one attached hydrogen (secondary N) is 1. The van der Waals surface area contributed by atoms with Crippen LogP contribution in [0.5, 0.6) is 0 Å². The summed E-state index contributed by atoms with van der Waals surface area (Å²) in [4.78, 5) is 15.1. The number of aromatic nitrogens is 2. The van der Waals surface area contributed by atoms with Crippen LogP contribution in [0, 0.1) is 0 Å². The smallest absolute Gasteiger partial charge is 0.228 e. The first-order valence-corrected chi connectivity index (χ1v) is 15.5. The second-order valence-corrected chi connectivity index (χ2v) is 12.4. The molecular weight excluding hydrogens is 538 g/mol. The van der Waals surface area contributed by atoms with E-state index in [1.165, 1.54) is 10.6 Å². The zero-order valence-electron chi connectivity index (χ0n) is 22.1. The van der Waals surface area contributed by atoms with E-state index in [4.69, 9.17) is 21.4 Å². The van der Waals surface area contributed by atoms with E-state index < -0.39 is 10.0 Å². The van der Waals surface area contributed by atoms with E-state index in [1.54, 1.807) is 6.07 Å². The number of ether oxygens (including phenoxy) is 1. The molecule has 3 aromatic rings. The van der Waals surface area contributed by atoms with Crippen LogP contribution in [0.4, 0.5) is 5.69 Å². The number of amides is 1. The first-order valence-electron chi connectivity index (χ1n) is 13.3. The maximum atomic E-state index is 12.7. The van der Waals surface area contributed by atoms with Gasteiger partial charge in [-0.1, -0.05) is 35.9 Å². The summed E-state index contributed by atoms with van der Waals surface area (Å²) in [5, 5.41) is 8.39. The molecule has 0 spiro atoms. The highest BCUT2D eigenvalue weighted by atomic mass is 35.5. The van der Waals surface area contributed by atoms with Gasteiger partial charge < -0.3 is 10.1 Å². The van der Waals surface area contributed by atoms with Gasteiger partial charge >= 0.3 is 0 Å². The van der Waals surface area contributed by atoms with Crippen LogP contribution in [0.2, 0.25) is 5.02 Å². The lowest BCUT2D eigenvalue weighted by molar-refractivity contribution is -0.115. The summed E-state index contributed by atoms with van der Waals surface area (Å²) in [5.41, 5.74) is 4.96. The van der Waals surface area contributed by atoms with E-state index in [1.807, 2.05) is 47.1 Å². The van der Waals surface area contributed by atoms with Crippen molar-refractivity contribution < 1.29 is 17.9 Å². The number of para-hydroxylation sites is 1. The molecule has 0 unspecified atom stereocenters. The van der Waals surface area contributed by atoms with Crippen LogP contribution in [-0.2, 0) is 45.5 Å². The van der Waals surface area contributed by atoms with E-state index in [0.29, 0.717) is 23.6 Å². The predicted molar refractivity (Wildman–Crippen MR) is 152 cm³/mol. The Hall–Kier alpha value is -2.76. The van der Waals surface area contributed by atoms with E-state index in [2.05, 4.69) is 10.2 Å². The number of halogens is 1. The topological polar surface area (TPSA) is 96.8 Å². The van der Waals surface area contributed by atoms with E-state index in [0.717, 1.165) is 74.0 Å². The zero-order valence-corrected chi connectivity index (χ0v) is 23.7. The summed E-state index contributed by atoms with van der Waals surface area (Å²) < 4.78 is 33.8. The van der Waals surface area contributed by atoms with Crippen LogP contribution >= 0.6 is 11.6 Å². The van der Waals surface area contributed by atoms with Gasteiger partial charge in [0.2, 0.25) is 15.9 Å². The minimum absolute atomic E-state index is 0.111. The molecule has 2 aliphatic heterocycles. The third kappa shape index (κ3) is 6.88. The third-order valence-electron chi connectivity index (χ3n) is 7.24. The lowest BCUT2D eigenvalue weighted by atomic mass is 9.99. The highest BCUT2D eigenvalue weighted by Gasteiger charge is 2.30. The van der Waals surface area contributed by atoms with Crippen LogP contribution in [0.3, 0.4) is 0 Å². The molecule has 0 atom stereocenters. The summed E-state index contributed by atoms with van der Waals surface area (Å²) in [6.07, 6.45) is 2.90. The molecule has 11 heteroatoms. The fourth-order valence-electron chi connectivity index (χ4n) is 5.19. The van der Waals surface area contributed by atoms with Gasteiger partial charge in [0.25, 0.3) is 0 Å². The molecule has 0 bridgehead atoms. The van der Waals surface area contributed by atoms with Crippen molar-refractivity contribution in [1.82, 2.24) is 19.0 Å². The van der Waals surface area contributed by atoms with Crippen molar-refractivity contribution in [2.45, 2.75) is 32.4 Å². The zero-order chi connectivity index (χ0) is 27.4. The van der Waals surface area contributed by atoms with Crippen LogP contribution in [0.25, 0.3) is 11.3 Å². The number of carbonyl (C=O) groups is 1. The molecule has 1 saturated heterocycles. The molecule has 39 heavy (non-hydrogen) atoms. The van der Waals surface area contributed by atoms with Crippen molar-refractivity contribution in [1.29, 1.82) is 0 Å². The second-order valence-electron chi connectivity index (χ2n) is 10.0. The van der Waals surface area contributed by atoms with E-state index >= 15 is 0 Å². The maximum Gasteiger partial charge on any atom is 0.228 e. The van der Waals surface area contributed by atoms with Gasteiger partial charge in [-0.25, -0.2) is 8.42 Å². The van der Waals surface area contributed by atoms with Crippen molar-refractivity contribution in [3.63, 3.8) is 0 Å². The van der Waals surface area contributed by atoms with Crippen molar-refractivity contribution in [2.75, 3.05) is 51.0 Å². The Bertz CT molecular complexity index is 1420. The molecule has 0 saturated carbocycles. The molecule has 208 valence electrons. The highest BCUT2D eigenvalue weighted by Crippen LogP contribution is 2.33. The molecule has 0 aliphatic carbocycles. The summed E-state index contributed by atoms with van der Waals surface area (Å²) in [6.45, 7) is 5.85. The Kier molecular flexibility index (Phi) is 8.68. The van der Waals surface area contributed by atoms with Crippen molar-refractivity contribution in [2.24, 2.45) is 0 Å². The molecule has 2 aromatic carbocycles. The summed E-state index contributed by atoms with van der Waals surface area (Å²) in [5.74, 6) is -0.167.